The van der Waals surface area contributed by atoms with Gasteiger partial charge in [-0.2, -0.15) is 11.3 Å². The molecule has 0 unspecified atom stereocenters. The predicted octanol–water partition coefficient (Wildman–Crippen LogP) is 2.43. The van der Waals surface area contributed by atoms with Crippen LogP contribution in [0.25, 0.3) is 0 Å². The Morgan fingerprint density at radius 2 is 2.23 bits per heavy atom. The Morgan fingerprint density at radius 3 is 2.82 bits per heavy atom. The third-order valence-electron chi connectivity index (χ3n) is 3.14. The van der Waals surface area contributed by atoms with Crippen LogP contribution in [-0.2, 0) is 5.60 Å². The van der Waals surface area contributed by atoms with Gasteiger partial charge in [-0.3, -0.25) is 14.9 Å². The number of carbonyl (C=O) groups excluding carboxylic acids is 1. The lowest BCUT2D eigenvalue weighted by atomic mass is 9.99. The van der Waals surface area contributed by atoms with Crippen LogP contribution in [0.3, 0.4) is 0 Å². The molecular formula is C14H13FN2O4S. The first-order chi connectivity index (χ1) is 10.3. The van der Waals surface area contributed by atoms with Crippen molar-refractivity contribution in [1.82, 2.24) is 5.32 Å². The molecule has 1 heterocycles. The molecular weight excluding hydrogens is 311 g/mol. The molecule has 22 heavy (non-hydrogen) atoms. The van der Waals surface area contributed by atoms with E-state index >= 15 is 0 Å². The number of carbonyl (C=O) groups is 1. The molecule has 0 fully saturated rings. The second-order valence-electron chi connectivity index (χ2n) is 4.89. The van der Waals surface area contributed by atoms with Gasteiger partial charge in [0.15, 0.2) is 0 Å². The highest BCUT2D eigenvalue weighted by molar-refractivity contribution is 7.08. The fraction of sp³-hybridized carbons (Fsp3) is 0.214. The summed E-state index contributed by atoms with van der Waals surface area (Å²) in [6.45, 7) is 1.35. The molecule has 2 rings (SSSR count). The second-order valence-corrected chi connectivity index (χ2v) is 5.67. The van der Waals surface area contributed by atoms with Gasteiger partial charge in [0.2, 0.25) is 0 Å². The highest BCUT2D eigenvalue weighted by Crippen LogP contribution is 2.23. The van der Waals surface area contributed by atoms with Crippen LogP contribution < -0.4 is 5.32 Å². The van der Waals surface area contributed by atoms with Gasteiger partial charge in [0, 0.05) is 6.07 Å². The largest absolute Gasteiger partial charge is 0.384 e. The summed E-state index contributed by atoms with van der Waals surface area (Å²) in [5, 5.41) is 27.1. The zero-order valence-corrected chi connectivity index (χ0v) is 12.4. The number of aliphatic hydroxyl groups is 1. The summed E-state index contributed by atoms with van der Waals surface area (Å²) < 4.78 is 13.2. The molecule has 6 nitrogen and oxygen atoms in total. The molecule has 116 valence electrons. The lowest BCUT2D eigenvalue weighted by molar-refractivity contribution is -0.385. The van der Waals surface area contributed by atoms with Gasteiger partial charge in [-0.1, -0.05) is 0 Å². The summed E-state index contributed by atoms with van der Waals surface area (Å²) in [5.41, 5.74) is -1.58. The fourth-order valence-corrected chi connectivity index (χ4v) is 2.65. The molecule has 2 aromatic rings. The standard InChI is InChI=1S/C14H13FN2O4S/c1-14(19,9-4-5-22-7-9)8-16-13(18)11-6-10(15)2-3-12(11)17(20)21/h2-7,19H,8H2,1H3,(H,16,18)/t14-/m1/s1. The van der Waals surface area contributed by atoms with Crippen molar-refractivity contribution >= 4 is 22.9 Å². The van der Waals surface area contributed by atoms with E-state index in [1.165, 1.54) is 18.3 Å². The maximum atomic E-state index is 13.2. The average molecular weight is 324 g/mol. The van der Waals surface area contributed by atoms with Crippen molar-refractivity contribution in [2.75, 3.05) is 6.54 Å². The molecule has 1 atom stereocenters. The average Bonchev–Trinajstić information content (AvgIpc) is 2.99. The summed E-state index contributed by atoms with van der Waals surface area (Å²) in [7, 11) is 0. The maximum Gasteiger partial charge on any atom is 0.282 e. The normalized spacial score (nSPS) is 13.4. The number of amides is 1. The number of hydrogen-bond acceptors (Lipinski definition) is 5. The number of thiophene rings is 1. The van der Waals surface area contributed by atoms with E-state index in [1.54, 1.807) is 16.8 Å². The van der Waals surface area contributed by atoms with E-state index in [9.17, 15) is 24.4 Å². The summed E-state index contributed by atoms with van der Waals surface area (Å²) in [4.78, 5) is 22.2. The first kappa shape index (κ1) is 16.1. The Morgan fingerprint density at radius 1 is 1.50 bits per heavy atom. The highest BCUT2D eigenvalue weighted by Gasteiger charge is 2.26. The first-order valence-corrected chi connectivity index (χ1v) is 7.23. The molecule has 0 aliphatic heterocycles. The molecule has 0 saturated heterocycles. The van der Waals surface area contributed by atoms with Gasteiger partial charge in [-0.15, -0.1) is 0 Å². The molecule has 0 spiro atoms. The molecule has 1 aromatic heterocycles. The van der Waals surface area contributed by atoms with Crippen LogP contribution in [0, 0.1) is 15.9 Å². The number of nitrogens with zero attached hydrogens (tertiary/aromatic N) is 1. The van der Waals surface area contributed by atoms with Crippen LogP contribution in [0.15, 0.2) is 35.0 Å². The van der Waals surface area contributed by atoms with Crippen molar-refractivity contribution < 1.29 is 19.2 Å². The van der Waals surface area contributed by atoms with Crippen LogP contribution in [0.4, 0.5) is 10.1 Å². The van der Waals surface area contributed by atoms with Crippen molar-refractivity contribution in [3.63, 3.8) is 0 Å². The minimum atomic E-state index is -1.32. The van der Waals surface area contributed by atoms with E-state index in [4.69, 9.17) is 0 Å². The number of nitro benzene ring substituents is 1. The number of hydrogen-bond donors (Lipinski definition) is 2. The van der Waals surface area contributed by atoms with Crippen molar-refractivity contribution in [2.24, 2.45) is 0 Å². The van der Waals surface area contributed by atoms with Gasteiger partial charge in [0.05, 0.1) is 11.5 Å². The van der Waals surface area contributed by atoms with Gasteiger partial charge < -0.3 is 10.4 Å². The zero-order chi connectivity index (χ0) is 16.3. The third kappa shape index (κ3) is 3.46. The van der Waals surface area contributed by atoms with Gasteiger partial charge in [0.25, 0.3) is 11.6 Å². The number of halogens is 1. The molecule has 2 N–H and O–H groups in total. The van der Waals surface area contributed by atoms with E-state index < -0.39 is 27.9 Å². The lowest BCUT2D eigenvalue weighted by Gasteiger charge is -2.22. The van der Waals surface area contributed by atoms with Gasteiger partial charge in [0.1, 0.15) is 17.0 Å². The maximum absolute atomic E-state index is 13.2. The number of nitro groups is 1. The smallest absolute Gasteiger partial charge is 0.282 e. The monoisotopic (exact) mass is 324 g/mol. The predicted molar refractivity (Wildman–Crippen MR) is 79.3 cm³/mol. The lowest BCUT2D eigenvalue weighted by Crippen LogP contribution is -2.38. The Balaban J connectivity index is 2.16. The summed E-state index contributed by atoms with van der Waals surface area (Å²) in [5.74, 6) is -1.57. The van der Waals surface area contributed by atoms with Gasteiger partial charge >= 0.3 is 0 Å². The summed E-state index contributed by atoms with van der Waals surface area (Å²) in [6, 6.07) is 4.35. The first-order valence-electron chi connectivity index (χ1n) is 6.28. The van der Waals surface area contributed by atoms with Crippen LogP contribution in [0.5, 0.6) is 0 Å². The van der Waals surface area contributed by atoms with E-state index in [0.717, 1.165) is 18.2 Å². The Bertz CT molecular complexity index is 701. The van der Waals surface area contributed by atoms with Crippen LogP contribution in [-0.4, -0.2) is 22.5 Å². The van der Waals surface area contributed by atoms with E-state index in [0.29, 0.717) is 5.56 Å². The van der Waals surface area contributed by atoms with Crippen molar-refractivity contribution in [3.8, 4) is 0 Å². The van der Waals surface area contributed by atoms with Crippen molar-refractivity contribution in [1.29, 1.82) is 0 Å². The third-order valence-corrected chi connectivity index (χ3v) is 3.82. The molecule has 1 aromatic carbocycles. The fourth-order valence-electron chi connectivity index (χ4n) is 1.87. The molecule has 0 aliphatic rings. The second kappa shape index (κ2) is 6.20. The van der Waals surface area contributed by atoms with Crippen LogP contribution in [0.2, 0.25) is 0 Å². The Labute approximate surface area is 129 Å². The summed E-state index contributed by atoms with van der Waals surface area (Å²) in [6.07, 6.45) is 0. The molecule has 0 saturated carbocycles. The number of benzene rings is 1. The Kier molecular flexibility index (Phi) is 4.53. The molecule has 1 amide bonds. The van der Waals surface area contributed by atoms with Gasteiger partial charge in [-0.25, -0.2) is 4.39 Å². The van der Waals surface area contributed by atoms with E-state index in [1.807, 2.05) is 0 Å². The summed E-state index contributed by atoms with van der Waals surface area (Å²) >= 11 is 1.39. The quantitative estimate of drug-likeness (QED) is 0.652. The van der Waals surface area contributed by atoms with Crippen molar-refractivity contribution in [3.05, 3.63) is 62.1 Å². The van der Waals surface area contributed by atoms with E-state index in [2.05, 4.69) is 5.32 Å². The van der Waals surface area contributed by atoms with Crippen LogP contribution >= 0.6 is 11.3 Å². The minimum Gasteiger partial charge on any atom is -0.384 e. The minimum absolute atomic E-state index is 0.157. The van der Waals surface area contributed by atoms with Gasteiger partial charge in [-0.05, 0) is 41.4 Å². The zero-order valence-electron chi connectivity index (χ0n) is 11.6. The topological polar surface area (TPSA) is 92.5 Å². The Hall–Kier alpha value is -2.32. The molecule has 8 heteroatoms. The van der Waals surface area contributed by atoms with Crippen molar-refractivity contribution in [2.45, 2.75) is 12.5 Å². The van der Waals surface area contributed by atoms with Crippen LogP contribution in [0.1, 0.15) is 22.8 Å². The molecule has 0 aliphatic carbocycles. The molecule has 0 bridgehead atoms. The molecule has 0 radical (unpaired) electrons. The number of rotatable bonds is 5. The number of nitrogens with one attached hydrogen (secondary N) is 1. The highest BCUT2D eigenvalue weighted by atomic mass is 32.1. The van der Waals surface area contributed by atoms with E-state index in [-0.39, 0.29) is 12.1 Å². The SMILES string of the molecule is C[C@@](O)(CNC(=O)c1cc(F)ccc1[N+](=O)[O-])c1ccsc1.